The molecule has 4 nitrogen and oxygen atoms in total. The standard InChI is InChI=1S/C13H20N2O2S/c1-8(2)15-13(16)10(4)18(17)11-7-5-6-9(3)12(11)14/h5-8,10H,14H2,1-4H3,(H,15,16). The molecule has 5 heteroatoms. The van der Waals surface area contributed by atoms with Crippen LogP contribution in [0, 0.1) is 6.92 Å². The highest BCUT2D eigenvalue weighted by Gasteiger charge is 2.23. The van der Waals surface area contributed by atoms with Crippen molar-refractivity contribution in [1.82, 2.24) is 5.32 Å². The van der Waals surface area contributed by atoms with Crippen molar-refractivity contribution in [2.75, 3.05) is 5.73 Å². The molecule has 0 aliphatic carbocycles. The highest BCUT2D eigenvalue weighted by atomic mass is 32.2. The maximum Gasteiger partial charge on any atom is 0.236 e. The fourth-order valence-electron chi connectivity index (χ4n) is 1.52. The Labute approximate surface area is 110 Å². The summed E-state index contributed by atoms with van der Waals surface area (Å²) in [6.45, 7) is 7.24. The Morgan fingerprint density at radius 3 is 2.50 bits per heavy atom. The lowest BCUT2D eigenvalue weighted by Crippen LogP contribution is -2.39. The van der Waals surface area contributed by atoms with E-state index in [0.717, 1.165) is 5.56 Å². The van der Waals surface area contributed by atoms with Crippen LogP contribution in [-0.2, 0) is 15.6 Å². The van der Waals surface area contributed by atoms with Gasteiger partial charge in [-0.15, -0.1) is 0 Å². The largest absolute Gasteiger partial charge is 0.398 e. The summed E-state index contributed by atoms with van der Waals surface area (Å²) in [5.41, 5.74) is 7.27. The van der Waals surface area contributed by atoms with Crippen molar-refractivity contribution in [3.63, 3.8) is 0 Å². The number of para-hydroxylation sites is 1. The minimum atomic E-state index is -1.43. The van der Waals surface area contributed by atoms with E-state index in [-0.39, 0.29) is 11.9 Å². The number of hydrogen-bond acceptors (Lipinski definition) is 3. The van der Waals surface area contributed by atoms with Gasteiger partial charge in [0, 0.05) is 6.04 Å². The molecule has 0 aliphatic heterocycles. The van der Waals surface area contributed by atoms with E-state index in [1.165, 1.54) is 0 Å². The van der Waals surface area contributed by atoms with Crippen molar-refractivity contribution >= 4 is 22.4 Å². The second kappa shape index (κ2) is 6.00. The summed E-state index contributed by atoms with van der Waals surface area (Å²) in [4.78, 5) is 12.3. The Bertz CT molecular complexity index is 472. The Kier molecular flexibility index (Phi) is 4.90. The fourth-order valence-corrected chi connectivity index (χ4v) is 2.75. The van der Waals surface area contributed by atoms with Gasteiger partial charge in [-0.05, 0) is 39.3 Å². The monoisotopic (exact) mass is 268 g/mol. The maximum atomic E-state index is 12.3. The predicted molar refractivity (Wildman–Crippen MR) is 74.7 cm³/mol. The molecule has 0 radical (unpaired) electrons. The van der Waals surface area contributed by atoms with Crippen molar-refractivity contribution < 1.29 is 9.00 Å². The number of amides is 1. The average Bonchev–Trinajstić information content (AvgIpc) is 2.30. The van der Waals surface area contributed by atoms with Crippen LogP contribution in [0.1, 0.15) is 26.3 Å². The van der Waals surface area contributed by atoms with Gasteiger partial charge in [-0.1, -0.05) is 12.1 Å². The molecule has 1 rings (SSSR count). The lowest BCUT2D eigenvalue weighted by atomic mass is 10.2. The summed E-state index contributed by atoms with van der Waals surface area (Å²) in [5.74, 6) is -0.218. The highest BCUT2D eigenvalue weighted by Crippen LogP contribution is 2.22. The molecule has 0 saturated carbocycles. The molecule has 1 aromatic rings. The summed E-state index contributed by atoms with van der Waals surface area (Å²) >= 11 is 0. The smallest absolute Gasteiger partial charge is 0.236 e. The molecule has 100 valence electrons. The molecule has 1 amide bonds. The minimum Gasteiger partial charge on any atom is -0.398 e. The molecule has 0 saturated heterocycles. The van der Waals surface area contributed by atoms with Gasteiger partial charge in [0.25, 0.3) is 0 Å². The summed E-state index contributed by atoms with van der Waals surface area (Å²) in [7, 11) is -1.43. The van der Waals surface area contributed by atoms with Crippen LogP contribution in [0.4, 0.5) is 5.69 Å². The molecule has 1 aromatic carbocycles. The van der Waals surface area contributed by atoms with E-state index >= 15 is 0 Å². The number of aryl methyl sites for hydroxylation is 1. The van der Waals surface area contributed by atoms with E-state index in [2.05, 4.69) is 5.32 Å². The van der Waals surface area contributed by atoms with Gasteiger partial charge >= 0.3 is 0 Å². The SMILES string of the molecule is Cc1cccc(S(=O)C(C)C(=O)NC(C)C)c1N. The normalized spacial score (nSPS) is 14.3. The van der Waals surface area contributed by atoms with Crippen LogP contribution in [0.5, 0.6) is 0 Å². The fraction of sp³-hybridized carbons (Fsp3) is 0.462. The topological polar surface area (TPSA) is 72.2 Å². The van der Waals surface area contributed by atoms with E-state index in [1.54, 1.807) is 19.1 Å². The lowest BCUT2D eigenvalue weighted by molar-refractivity contribution is -0.120. The maximum absolute atomic E-state index is 12.3. The second-order valence-electron chi connectivity index (χ2n) is 4.59. The first kappa shape index (κ1) is 14.7. The first-order valence-corrected chi connectivity index (χ1v) is 7.12. The van der Waals surface area contributed by atoms with E-state index in [1.807, 2.05) is 26.8 Å². The first-order chi connectivity index (χ1) is 8.34. The van der Waals surface area contributed by atoms with Crippen molar-refractivity contribution in [2.24, 2.45) is 0 Å². The Morgan fingerprint density at radius 2 is 1.94 bits per heavy atom. The zero-order chi connectivity index (χ0) is 13.9. The molecule has 0 bridgehead atoms. The first-order valence-electron chi connectivity index (χ1n) is 5.90. The number of anilines is 1. The molecule has 2 atom stereocenters. The third-order valence-electron chi connectivity index (χ3n) is 2.62. The third-order valence-corrected chi connectivity index (χ3v) is 4.27. The zero-order valence-electron chi connectivity index (χ0n) is 11.2. The van der Waals surface area contributed by atoms with Gasteiger partial charge in [0.1, 0.15) is 5.25 Å². The zero-order valence-corrected chi connectivity index (χ0v) is 12.0. The Morgan fingerprint density at radius 1 is 1.33 bits per heavy atom. The minimum absolute atomic E-state index is 0.0341. The summed E-state index contributed by atoms with van der Waals surface area (Å²) in [5, 5.41) is 2.14. The summed E-state index contributed by atoms with van der Waals surface area (Å²) < 4.78 is 12.3. The molecule has 0 heterocycles. The number of benzene rings is 1. The van der Waals surface area contributed by atoms with Crippen LogP contribution in [0.3, 0.4) is 0 Å². The van der Waals surface area contributed by atoms with E-state index < -0.39 is 16.0 Å². The number of nitrogens with one attached hydrogen (secondary N) is 1. The molecule has 0 aromatic heterocycles. The highest BCUT2D eigenvalue weighted by molar-refractivity contribution is 7.86. The van der Waals surface area contributed by atoms with Crippen LogP contribution in [-0.4, -0.2) is 21.4 Å². The van der Waals surface area contributed by atoms with E-state index in [9.17, 15) is 9.00 Å². The van der Waals surface area contributed by atoms with Gasteiger partial charge in [-0.3, -0.25) is 9.00 Å². The van der Waals surface area contributed by atoms with Crippen LogP contribution < -0.4 is 11.1 Å². The molecular weight excluding hydrogens is 248 g/mol. The number of nitrogen functional groups attached to an aromatic ring is 1. The summed E-state index contributed by atoms with van der Waals surface area (Å²) in [6.07, 6.45) is 0. The lowest BCUT2D eigenvalue weighted by Gasteiger charge is -2.16. The summed E-state index contributed by atoms with van der Waals surface area (Å²) in [6, 6.07) is 5.39. The molecular formula is C13H20N2O2S. The number of carbonyl (C=O) groups excluding carboxylic acids is 1. The molecule has 0 fully saturated rings. The number of nitrogens with two attached hydrogens (primary N) is 1. The molecule has 2 unspecified atom stereocenters. The van der Waals surface area contributed by atoms with Gasteiger partial charge in [0.2, 0.25) is 5.91 Å². The van der Waals surface area contributed by atoms with Crippen LogP contribution in [0.15, 0.2) is 23.1 Å². The molecule has 3 N–H and O–H groups in total. The Balaban J connectivity index is 2.93. The van der Waals surface area contributed by atoms with Crippen LogP contribution >= 0.6 is 0 Å². The van der Waals surface area contributed by atoms with Crippen molar-refractivity contribution in [3.05, 3.63) is 23.8 Å². The molecule has 0 aliphatic rings. The third kappa shape index (κ3) is 3.32. The number of hydrogen-bond donors (Lipinski definition) is 2. The van der Waals surface area contributed by atoms with Gasteiger partial charge in [-0.2, -0.15) is 0 Å². The molecule has 0 spiro atoms. The van der Waals surface area contributed by atoms with Gasteiger partial charge < -0.3 is 11.1 Å². The number of rotatable bonds is 4. The van der Waals surface area contributed by atoms with Gasteiger partial charge in [-0.25, -0.2) is 0 Å². The van der Waals surface area contributed by atoms with Crippen molar-refractivity contribution in [3.8, 4) is 0 Å². The predicted octanol–water partition coefficient (Wildman–Crippen LogP) is 1.60. The van der Waals surface area contributed by atoms with Gasteiger partial charge in [0.05, 0.1) is 21.4 Å². The van der Waals surface area contributed by atoms with E-state index in [0.29, 0.717) is 10.6 Å². The van der Waals surface area contributed by atoms with Crippen LogP contribution in [0.2, 0.25) is 0 Å². The average molecular weight is 268 g/mol. The second-order valence-corrected chi connectivity index (χ2v) is 6.33. The quantitative estimate of drug-likeness (QED) is 0.815. The molecule has 18 heavy (non-hydrogen) atoms. The van der Waals surface area contributed by atoms with E-state index in [4.69, 9.17) is 5.73 Å². The van der Waals surface area contributed by atoms with Crippen molar-refractivity contribution in [2.45, 2.75) is 43.9 Å². The van der Waals surface area contributed by atoms with Gasteiger partial charge in [0.15, 0.2) is 0 Å². The van der Waals surface area contributed by atoms with Crippen molar-refractivity contribution in [1.29, 1.82) is 0 Å². The van der Waals surface area contributed by atoms with Crippen LogP contribution in [0.25, 0.3) is 0 Å². The Hall–Kier alpha value is -1.36. The number of carbonyl (C=O) groups is 1.